The van der Waals surface area contributed by atoms with Gasteiger partial charge in [-0.2, -0.15) is 0 Å². The number of likely N-dealkylation sites (tertiary alicyclic amines) is 1. The molecule has 1 amide bonds. The Kier molecular flexibility index (Phi) is 4.35. The average molecular weight is 355 g/mol. The van der Waals surface area contributed by atoms with E-state index in [-0.39, 0.29) is 5.91 Å². The summed E-state index contributed by atoms with van der Waals surface area (Å²) in [6.07, 6.45) is 1.52. The summed E-state index contributed by atoms with van der Waals surface area (Å²) < 4.78 is 12.1. The highest BCUT2D eigenvalue weighted by Gasteiger charge is 2.22. The van der Waals surface area contributed by atoms with E-state index in [0.717, 1.165) is 41.0 Å². The number of rotatable bonds is 3. The molecular weight excluding hydrogens is 336 g/mol. The number of fused-ring (bicyclic) bond motifs is 1. The Morgan fingerprint density at radius 2 is 2.19 bits per heavy atom. The second kappa shape index (κ2) is 6.23. The fourth-order valence-electron chi connectivity index (χ4n) is 2.71. The molecule has 0 aromatic heterocycles. The monoisotopic (exact) mass is 354 g/mol. The van der Waals surface area contributed by atoms with Gasteiger partial charge in [-0.15, -0.1) is 0 Å². The first kappa shape index (κ1) is 14.7. The van der Waals surface area contributed by atoms with E-state index in [4.69, 9.17) is 9.47 Å². The van der Waals surface area contributed by atoms with Gasteiger partial charge < -0.3 is 19.7 Å². The predicted molar refractivity (Wildman–Crippen MR) is 82.6 cm³/mol. The van der Waals surface area contributed by atoms with Crippen molar-refractivity contribution in [3.63, 3.8) is 0 Å². The van der Waals surface area contributed by atoms with Crippen molar-refractivity contribution in [2.24, 2.45) is 0 Å². The lowest BCUT2D eigenvalue weighted by molar-refractivity contribution is -0.132. The highest BCUT2D eigenvalue weighted by molar-refractivity contribution is 9.10. The first-order valence-corrected chi connectivity index (χ1v) is 7.98. The van der Waals surface area contributed by atoms with Crippen LogP contribution in [0.2, 0.25) is 0 Å². The number of nitrogens with zero attached hydrogens (tertiary/aromatic N) is 1. The molecule has 3 rings (SSSR count). The number of amides is 1. The predicted octanol–water partition coefficient (Wildman–Crippen LogP) is 1.93. The summed E-state index contributed by atoms with van der Waals surface area (Å²) in [6, 6.07) is 4.42. The van der Waals surface area contributed by atoms with Gasteiger partial charge in [0.15, 0.2) is 11.5 Å². The molecule has 0 bridgehead atoms. The van der Waals surface area contributed by atoms with Gasteiger partial charge in [-0.3, -0.25) is 4.79 Å². The van der Waals surface area contributed by atoms with E-state index in [1.54, 1.807) is 4.90 Å². The fourth-order valence-corrected chi connectivity index (χ4v) is 3.31. The Bertz CT molecular complexity index is 550. The van der Waals surface area contributed by atoms with Crippen molar-refractivity contribution in [3.8, 4) is 11.5 Å². The zero-order valence-corrected chi connectivity index (χ0v) is 13.6. The van der Waals surface area contributed by atoms with E-state index in [2.05, 4.69) is 27.3 Å². The van der Waals surface area contributed by atoms with Gasteiger partial charge >= 0.3 is 0 Å². The SMILES string of the molecule is CN1CC(NCc2cc(Br)c3c(c2)OCCO3)CCC1=O. The van der Waals surface area contributed by atoms with Gasteiger partial charge in [0.2, 0.25) is 5.91 Å². The molecule has 2 aliphatic rings. The van der Waals surface area contributed by atoms with Crippen LogP contribution in [0.4, 0.5) is 0 Å². The van der Waals surface area contributed by atoms with E-state index in [0.29, 0.717) is 25.7 Å². The highest BCUT2D eigenvalue weighted by Crippen LogP contribution is 2.38. The Morgan fingerprint density at radius 3 is 3.00 bits per heavy atom. The highest BCUT2D eigenvalue weighted by atomic mass is 79.9. The molecule has 2 heterocycles. The summed E-state index contributed by atoms with van der Waals surface area (Å²) in [5.41, 5.74) is 1.14. The molecule has 0 saturated carbocycles. The minimum absolute atomic E-state index is 0.232. The number of benzene rings is 1. The molecule has 1 unspecified atom stereocenters. The largest absolute Gasteiger partial charge is 0.486 e. The molecule has 1 N–H and O–H groups in total. The molecule has 114 valence electrons. The molecule has 0 aliphatic carbocycles. The molecule has 2 aliphatic heterocycles. The van der Waals surface area contributed by atoms with Gasteiger partial charge in [0.05, 0.1) is 4.47 Å². The first-order chi connectivity index (χ1) is 10.1. The van der Waals surface area contributed by atoms with Crippen LogP contribution in [0, 0.1) is 0 Å². The Labute approximate surface area is 132 Å². The third kappa shape index (κ3) is 3.32. The number of carbonyl (C=O) groups is 1. The summed E-state index contributed by atoms with van der Waals surface area (Å²) >= 11 is 3.53. The van der Waals surface area contributed by atoms with Crippen molar-refractivity contribution in [2.75, 3.05) is 26.8 Å². The lowest BCUT2D eigenvalue weighted by atomic mass is 10.1. The van der Waals surface area contributed by atoms with Crippen LogP contribution >= 0.6 is 15.9 Å². The summed E-state index contributed by atoms with van der Waals surface area (Å²) in [7, 11) is 1.86. The maximum absolute atomic E-state index is 11.5. The van der Waals surface area contributed by atoms with Gasteiger partial charge in [-0.25, -0.2) is 0 Å². The average Bonchev–Trinajstić information content (AvgIpc) is 2.49. The molecule has 1 aromatic carbocycles. The van der Waals surface area contributed by atoms with E-state index < -0.39 is 0 Å². The molecule has 1 saturated heterocycles. The first-order valence-electron chi connectivity index (χ1n) is 7.19. The number of halogens is 1. The van der Waals surface area contributed by atoms with Gasteiger partial charge in [0.1, 0.15) is 13.2 Å². The van der Waals surface area contributed by atoms with Crippen LogP contribution in [-0.2, 0) is 11.3 Å². The van der Waals surface area contributed by atoms with E-state index in [1.165, 1.54) is 0 Å². The van der Waals surface area contributed by atoms with Crippen LogP contribution in [0.3, 0.4) is 0 Å². The summed E-state index contributed by atoms with van der Waals surface area (Å²) in [4.78, 5) is 13.3. The van der Waals surface area contributed by atoms with E-state index in [9.17, 15) is 4.79 Å². The molecule has 1 aromatic rings. The van der Waals surface area contributed by atoms with Crippen LogP contribution in [0.15, 0.2) is 16.6 Å². The second-order valence-corrected chi connectivity index (χ2v) is 6.35. The topological polar surface area (TPSA) is 50.8 Å². The van der Waals surface area contributed by atoms with Gasteiger partial charge in [-0.05, 0) is 40.0 Å². The molecular formula is C15H19BrN2O3. The smallest absolute Gasteiger partial charge is 0.222 e. The van der Waals surface area contributed by atoms with Crippen molar-refractivity contribution in [2.45, 2.75) is 25.4 Å². The van der Waals surface area contributed by atoms with Crippen molar-refractivity contribution >= 4 is 21.8 Å². The summed E-state index contributed by atoms with van der Waals surface area (Å²) in [5.74, 6) is 1.81. The number of carbonyl (C=O) groups excluding carboxylic acids is 1. The van der Waals surface area contributed by atoms with Gasteiger partial charge in [-0.1, -0.05) is 0 Å². The number of nitrogens with one attached hydrogen (secondary N) is 1. The molecule has 0 spiro atoms. The standard InChI is InChI=1S/C15H19BrN2O3/c1-18-9-11(2-3-14(18)19)17-8-10-6-12(16)15-13(7-10)20-4-5-21-15/h6-7,11,17H,2-5,8-9H2,1H3. The second-order valence-electron chi connectivity index (χ2n) is 5.49. The number of hydrogen-bond donors (Lipinski definition) is 1. The third-order valence-corrected chi connectivity index (χ3v) is 4.47. The van der Waals surface area contributed by atoms with Crippen molar-refractivity contribution in [1.82, 2.24) is 10.2 Å². The van der Waals surface area contributed by atoms with Crippen molar-refractivity contribution in [3.05, 3.63) is 22.2 Å². The van der Waals surface area contributed by atoms with Crippen LogP contribution in [0.5, 0.6) is 11.5 Å². The van der Waals surface area contributed by atoms with Crippen LogP contribution in [0.1, 0.15) is 18.4 Å². The zero-order chi connectivity index (χ0) is 14.8. The molecule has 21 heavy (non-hydrogen) atoms. The van der Waals surface area contributed by atoms with E-state index in [1.807, 2.05) is 13.1 Å². The maximum Gasteiger partial charge on any atom is 0.222 e. The normalized spacial score (nSPS) is 21.5. The quantitative estimate of drug-likeness (QED) is 0.900. The van der Waals surface area contributed by atoms with Crippen LogP contribution in [-0.4, -0.2) is 43.7 Å². The minimum atomic E-state index is 0.232. The number of ether oxygens (including phenoxy) is 2. The summed E-state index contributed by atoms with van der Waals surface area (Å²) in [5, 5.41) is 3.51. The number of likely N-dealkylation sites (N-methyl/N-ethyl adjacent to an activating group) is 1. The van der Waals surface area contributed by atoms with Crippen LogP contribution < -0.4 is 14.8 Å². The zero-order valence-electron chi connectivity index (χ0n) is 12.0. The molecule has 0 radical (unpaired) electrons. The van der Waals surface area contributed by atoms with E-state index >= 15 is 0 Å². The van der Waals surface area contributed by atoms with Crippen molar-refractivity contribution < 1.29 is 14.3 Å². The van der Waals surface area contributed by atoms with Crippen molar-refractivity contribution in [1.29, 1.82) is 0 Å². The fraction of sp³-hybridized carbons (Fsp3) is 0.533. The van der Waals surface area contributed by atoms with Gasteiger partial charge in [0, 0.05) is 32.6 Å². The minimum Gasteiger partial charge on any atom is -0.486 e. The molecule has 1 atom stereocenters. The molecule has 5 nitrogen and oxygen atoms in total. The Hall–Kier alpha value is -1.27. The Morgan fingerprint density at radius 1 is 1.38 bits per heavy atom. The van der Waals surface area contributed by atoms with Crippen LogP contribution in [0.25, 0.3) is 0 Å². The summed E-state index contributed by atoms with van der Waals surface area (Å²) in [6.45, 7) is 2.70. The number of hydrogen-bond acceptors (Lipinski definition) is 4. The lowest BCUT2D eigenvalue weighted by Crippen LogP contribution is -2.46. The molecule has 1 fully saturated rings. The number of piperidine rings is 1. The maximum atomic E-state index is 11.5. The third-order valence-electron chi connectivity index (χ3n) is 3.88. The lowest BCUT2D eigenvalue weighted by Gasteiger charge is -2.30. The van der Waals surface area contributed by atoms with Gasteiger partial charge in [0.25, 0.3) is 0 Å². The Balaban J connectivity index is 1.63. The molecule has 6 heteroatoms.